The average Bonchev–Trinajstić information content (AvgIpc) is 2.43. The maximum atomic E-state index is 6.03. The van der Waals surface area contributed by atoms with Crippen molar-refractivity contribution in [3.05, 3.63) is 46.4 Å². The van der Waals surface area contributed by atoms with Gasteiger partial charge in [-0.3, -0.25) is 0 Å². The summed E-state index contributed by atoms with van der Waals surface area (Å²) in [5.74, 6) is 1.32. The van der Waals surface area contributed by atoms with Crippen molar-refractivity contribution in [2.75, 3.05) is 0 Å². The summed E-state index contributed by atoms with van der Waals surface area (Å²) >= 11 is 6.03. The van der Waals surface area contributed by atoms with Gasteiger partial charge < -0.3 is 4.74 Å². The van der Waals surface area contributed by atoms with Gasteiger partial charge in [-0.05, 0) is 30.4 Å². The van der Waals surface area contributed by atoms with Crippen LogP contribution in [0.1, 0.15) is 44.4 Å². The fraction of sp³-hybridized carbons (Fsp3) is 0.412. The van der Waals surface area contributed by atoms with Gasteiger partial charge in [0, 0.05) is 11.1 Å². The Morgan fingerprint density at radius 2 is 1.90 bits per heavy atom. The lowest BCUT2D eigenvalue weighted by atomic mass is 9.85. The van der Waals surface area contributed by atoms with Gasteiger partial charge in [-0.1, -0.05) is 51.4 Å². The molecule has 1 aromatic heterocycles. The molecule has 0 aliphatic carbocycles. The second kappa shape index (κ2) is 6.02. The molecule has 0 aliphatic rings. The van der Waals surface area contributed by atoms with Crippen LogP contribution in [0.5, 0.6) is 11.6 Å². The molecule has 112 valence electrons. The second-order valence-corrected chi connectivity index (χ2v) is 6.49. The number of aromatic nitrogens is 2. The molecule has 0 atom stereocenters. The van der Waals surface area contributed by atoms with Crippen LogP contribution < -0.4 is 4.74 Å². The van der Waals surface area contributed by atoms with Gasteiger partial charge in [0.15, 0.2) is 0 Å². The van der Waals surface area contributed by atoms with Gasteiger partial charge in [0.05, 0.1) is 0 Å². The average molecular weight is 305 g/mol. The van der Waals surface area contributed by atoms with Crippen LogP contribution >= 0.6 is 11.6 Å². The summed E-state index contributed by atoms with van der Waals surface area (Å²) < 4.78 is 6.01. The molecule has 0 spiro atoms. The van der Waals surface area contributed by atoms with E-state index >= 15 is 0 Å². The Morgan fingerprint density at radius 1 is 1.19 bits per heavy atom. The molecule has 0 N–H and O–H groups in total. The van der Waals surface area contributed by atoms with E-state index in [4.69, 9.17) is 16.3 Å². The van der Waals surface area contributed by atoms with Crippen molar-refractivity contribution in [2.24, 2.45) is 0 Å². The molecule has 0 saturated carbocycles. The zero-order valence-corrected chi connectivity index (χ0v) is 14.0. The van der Waals surface area contributed by atoms with Gasteiger partial charge in [0.2, 0.25) is 5.88 Å². The van der Waals surface area contributed by atoms with Crippen molar-refractivity contribution < 1.29 is 4.74 Å². The fourth-order valence-electron chi connectivity index (χ4n) is 2.09. The smallest absolute Gasteiger partial charge is 0.226 e. The molecule has 1 aromatic carbocycles. The first-order valence-corrected chi connectivity index (χ1v) is 7.49. The van der Waals surface area contributed by atoms with Crippen LogP contribution in [0, 0.1) is 6.92 Å². The van der Waals surface area contributed by atoms with Crippen LogP contribution in [0.15, 0.2) is 24.5 Å². The highest BCUT2D eigenvalue weighted by molar-refractivity contribution is 6.30. The van der Waals surface area contributed by atoms with Crippen LogP contribution in [-0.2, 0) is 11.8 Å². The van der Waals surface area contributed by atoms with Crippen LogP contribution in [-0.4, -0.2) is 9.97 Å². The molecule has 21 heavy (non-hydrogen) atoms. The monoisotopic (exact) mass is 304 g/mol. The minimum absolute atomic E-state index is 0.00869. The lowest BCUT2D eigenvalue weighted by molar-refractivity contribution is 0.435. The second-order valence-electron chi connectivity index (χ2n) is 6.13. The minimum Gasteiger partial charge on any atom is -0.438 e. The highest BCUT2D eigenvalue weighted by atomic mass is 35.5. The van der Waals surface area contributed by atoms with E-state index in [1.165, 1.54) is 11.9 Å². The lowest BCUT2D eigenvalue weighted by Gasteiger charge is -2.23. The van der Waals surface area contributed by atoms with Gasteiger partial charge in [-0.25, -0.2) is 9.97 Å². The van der Waals surface area contributed by atoms with Gasteiger partial charge in [0.1, 0.15) is 17.2 Å². The first-order chi connectivity index (χ1) is 9.82. The Balaban J connectivity index is 2.46. The van der Waals surface area contributed by atoms with Crippen molar-refractivity contribution in [1.82, 2.24) is 9.97 Å². The summed E-state index contributed by atoms with van der Waals surface area (Å²) in [4.78, 5) is 8.14. The molecule has 2 aromatic rings. The van der Waals surface area contributed by atoms with E-state index in [0.29, 0.717) is 11.0 Å². The van der Waals surface area contributed by atoms with Crippen LogP contribution in [0.25, 0.3) is 0 Å². The normalized spacial score (nSPS) is 11.5. The number of halogens is 1. The third-order valence-corrected chi connectivity index (χ3v) is 3.82. The Kier molecular flexibility index (Phi) is 4.52. The summed E-state index contributed by atoms with van der Waals surface area (Å²) in [6, 6.07) is 6.30. The topological polar surface area (TPSA) is 35.0 Å². The predicted molar refractivity (Wildman–Crippen MR) is 86.4 cm³/mol. The highest BCUT2D eigenvalue weighted by Crippen LogP contribution is 2.35. The van der Waals surface area contributed by atoms with Gasteiger partial charge in [0.25, 0.3) is 0 Å². The molecule has 0 unspecified atom stereocenters. The fourth-order valence-corrected chi connectivity index (χ4v) is 2.22. The van der Waals surface area contributed by atoms with Gasteiger partial charge >= 0.3 is 0 Å². The molecular formula is C17H21ClN2O. The Morgan fingerprint density at radius 3 is 2.52 bits per heavy atom. The molecular weight excluding hydrogens is 284 g/mol. The summed E-state index contributed by atoms with van der Waals surface area (Å²) in [7, 11) is 0. The molecule has 0 bridgehead atoms. The van der Waals surface area contributed by atoms with Crippen molar-refractivity contribution in [3.8, 4) is 11.6 Å². The number of aryl methyl sites for hydroxylation is 1. The minimum atomic E-state index is -0.00869. The van der Waals surface area contributed by atoms with Crippen molar-refractivity contribution in [2.45, 2.75) is 46.5 Å². The van der Waals surface area contributed by atoms with E-state index < -0.39 is 0 Å². The van der Waals surface area contributed by atoms with Crippen molar-refractivity contribution in [1.29, 1.82) is 0 Å². The molecule has 0 fully saturated rings. The number of nitrogens with zero attached hydrogens (tertiary/aromatic N) is 2. The van der Waals surface area contributed by atoms with Crippen LogP contribution in [0.3, 0.4) is 0 Å². The first kappa shape index (κ1) is 15.8. The standard InChI is InChI=1S/C17H21ClN2O/c1-6-12-7-8-14(13(9-12)17(3,4)5)21-16-11(2)15(18)19-10-20-16/h7-10H,6H2,1-5H3. The zero-order valence-electron chi connectivity index (χ0n) is 13.2. The van der Waals surface area contributed by atoms with Crippen molar-refractivity contribution >= 4 is 11.6 Å². The Hall–Kier alpha value is -1.61. The maximum Gasteiger partial charge on any atom is 0.226 e. The molecule has 0 aliphatic heterocycles. The number of ether oxygens (including phenoxy) is 1. The molecule has 4 heteroatoms. The summed E-state index contributed by atoms with van der Waals surface area (Å²) in [5, 5.41) is 0.419. The van der Waals surface area contributed by atoms with E-state index in [9.17, 15) is 0 Å². The first-order valence-electron chi connectivity index (χ1n) is 7.11. The SMILES string of the molecule is CCc1ccc(Oc2ncnc(Cl)c2C)c(C(C)(C)C)c1. The molecule has 3 nitrogen and oxygen atoms in total. The molecule has 0 saturated heterocycles. The van der Waals surface area contributed by atoms with E-state index in [2.05, 4.69) is 49.8 Å². The molecule has 2 rings (SSSR count). The largest absolute Gasteiger partial charge is 0.438 e. The number of benzene rings is 1. The number of rotatable bonds is 3. The van der Waals surface area contributed by atoms with E-state index in [-0.39, 0.29) is 5.41 Å². The third kappa shape index (κ3) is 3.53. The molecule has 1 heterocycles. The van der Waals surface area contributed by atoms with Crippen LogP contribution in [0.4, 0.5) is 0 Å². The summed E-state index contributed by atoms with van der Waals surface area (Å²) in [6.45, 7) is 10.5. The van der Waals surface area contributed by atoms with Gasteiger partial charge in [-0.15, -0.1) is 0 Å². The quantitative estimate of drug-likeness (QED) is 0.741. The Labute approximate surface area is 131 Å². The highest BCUT2D eigenvalue weighted by Gasteiger charge is 2.21. The molecule has 0 radical (unpaired) electrons. The van der Waals surface area contributed by atoms with Gasteiger partial charge in [-0.2, -0.15) is 0 Å². The molecule has 0 amide bonds. The van der Waals surface area contributed by atoms with Crippen molar-refractivity contribution in [3.63, 3.8) is 0 Å². The maximum absolute atomic E-state index is 6.03. The zero-order chi connectivity index (χ0) is 15.6. The lowest BCUT2D eigenvalue weighted by Crippen LogP contribution is -2.13. The van der Waals surface area contributed by atoms with Crippen LogP contribution in [0.2, 0.25) is 5.15 Å². The van der Waals surface area contributed by atoms with E-state index in [1.54, 1.807) is 0 Å². The predicted octanol–water partition coefficient (Wildman–Crippen LogP) is 5.09. The third-order valence-electron chi connectivity index (χ3n) is 3.44. The summed E-state index contributed by atoms with van der Waals surface area (Å²) in [5.41, 5.74) is 3.20. The number of hydrogen-bond donors (Lipinski definition) is 0. The van der Waals surface area contributed by atoms with E-state index in [1.807, 2.05) is 13.0 Å². The summed E-state index contributed by atoms with van der Waals surface area (Å²) in [6.07, 6.45) is 2.42. The Bertz CT molecular complexity index is 648. The van der Waals surface area contributed by atoms with E-state index in [0.717, 1.165) is 23.3 Å². The number of hydrogen-bond acceptors (Lipinski definition) is 3.